The fourth-order valence-corrected chi connectivity index (χ4v) is 4.74. The van der Waals surface area contributed by atoms with Gasteiger partial charge in [0, 0.05) is 12.3 Å². The van der Waals surface area contributed by atoms with Crippen LogP contribution in [-0.4, -0.2) is 41.2 Å². The van der Waals surface area contributed by atoms with Crippen molar-refractivity contribution in [3.05, 3.63) is 47.3 Å². The number of carbonyl (C=O) groups is 1. The molecule has 166 valence electrons. The fraction of sp³-hybridized carbons (Fsp3) is 0.542. The smallest absolute Gasteiger partial charge is 0.269 e. The van der Waals surface area contributed by atoms with Gasteiger partial charge in [-0.1, -0.05) is 37.1 Å². The monoisotopic (exact) mass is 424 g/mol. The largest absolute Gasteiger partial charge is 0.497 e. The minimum absolute atomic E-state index is 0.0322. The molecule has 2 heterocycles. The van der Waals surface area contributed by atoms with E-state index in [0.717, 1.165) is 48.4 Å². The summed E-state index contributed by atoms with van der Waals surface area (Å²) in [6, 6.07) is 10.2. The molecule has 31 heavy (non-hydrogen) atoms. The molecule has 1 aliphatic carbocycles. The van der Waals surface area contributed by atoms with Gasteiger partial charge in [0.25, 0.3) is 5.91 Å². The predicted molar refractivity (Wildman–Crippen MR) is 120 cm³/mol. The number of carbonyl (C=O) groups excluding carboxylic acids is 1. The van der Waals surface area contributed by atoms with E-state index >= 15 is 0 Å². The Labute approximate surface area is 183 Å². The summed E-state index contributed by atoms with van der Waals surface area (Å²) in [4.78, 5) is 18.7. The Morgan fingerprint density at radius 2 is 2.10 bits per heavy atom. The lowest BCUT2D eigenvalue weighted by atomic mass is 9.90. The van der Waals surface area contributed by atoms with E-state index in [1.165, 1.54) is 12.8 Å². The van der Waals surface area contributed by atoms with Gasteiger partial charge >= 0.3 is 0 Å². The van der Waals surface area contributed by atoms with Gasteiger partial charge in [-0.2, -0.15) is 5.10 Å². The quantitative estimate of drug-likeness (QED) is 0.693. The number of nitrogens with one attached hydrogen (secondary N) is 1. The Balaban J connectivity index is 1.38. The number of oxime groups is 1. The van der Waals surface area contributed by atoms with E-state index in [-0.39, 0.29) is 17.9 Å². The van der Waals surface area contributed by atoms with E-state index in [1.807, 2.05) is 35.9 Å². The van der Waals surface area contributed by atoms with Crippen LogP contribution >= 0.6 is 0 Å². The van der Waals surface area contributed by atoms with Gasteiger partial charge in [-0.3, -0.25) is 9.48 Å². The Morgan fingerprint density at radius 1 is 1.29 bits per heavy atom. The summed E-state index contributed by atoms with van der Waals surface area (Å²) in [5.41, 5.74) is 3.57. The molecule has 0 radical (unpaired) electrons. The highest BCUT2D eigenvalue weighted by atomic mass is 16.6. The van der Waals surface area contributed by atoms with Gasteiger partial charge in [0.15, 0.2) is 0 Å². The van der Waals surface area contributed by atoms with Gasteiger partial charge in [0.05, 0.1) is 31.1 Å². The highest BCUT2D eigenvalue weighted by molar-refractivity contribution is 5.97. The number of hydrogen-bond donors (Lipinski definition) is 1. The first-order valence-electron chi connectivity index (χ1n) is 11.3. The van der Waals surface area contributed by atoms with E-state index < -0.39 is 0 Å². The molecule has 1 aromatic carbocycles. The maximum Gasteiger partial charge on any atom is 0.269 e. The third-order valence-corrected chi connectivity index (χ3v) is 6.38. The van der Waals surface area contributed by atoms with E-state index in [2.05, 4.69) is 28.6 Å². The topological polar surface area (TPSA) is 77.7 Å². The first kappa shape index (κ1) is 21.4. The molecule has 2 aromatic rings. The van der Waals surface area contributed by atoms with Crippen molar-refractivity contribution in [3.8, 4) is 5.75 Å². The molecule has 1 aromatic heterocycles. The Bertz CT molecular complexity index is 946. The highest BCUT2D eigenvalue weighted by Gasteiger charge is 2.33. The Morgan fingerprint density at radius 3 is 2.84 bits per heavy atom. The minimum atomic E-state index is -0.0960. The molecule has 7 nitrogen and oxygen atoms in total. The fourth-order valence-electron chi connectivity index (χ4n) is 4.74. The van der Waals surface area contributed by atoms with Gasteiger partial charge in [0.2, 0.25) is 0 Å². The van der Waals surface area contributed by atoms with Crippen molar-refractivity contribution in [2.45, 2.75) is 64.5 Å². The zero-order valence-electron chi connectivity index (χ0n) is 18.6. The van der Waals surface area contributed by atoms with Gasteiger partial charge in [-0.05, 0) is 49.9 Å². The van der Waals surface area contributed by atoms with Crippen molar-refractivity contribution >= 4 is 11.6 Å². The van der Waals surface area contributed by atoms with Crippen LogP contribution in [0.3, 0.4) is 0 Å². The number of amides is 1. The number of benzene rings is 1. The normalized spacial score (nSPS) is 21.1. The van der Waals surface area contributed by atoms with E-state index in [4.69, 9.17) is 9.57 Å². The molecular weight excluding hydrogens is 392 g/mol. The van der Waals surface area contributed by atoms with Crippen molar-refractivity contribution in [2.24, 2.45) is 11.1 Å². The second-order valence-electron chi connectivity index (χ2n) is 8.53. The zero-order chi connectivity index (χ0) is 21.8. The van der Waals surface area contributed by atoms with Crippen LogP contribution in [0, 0.1) is 12.8 Å². The van der Waals surface area contributed by atoms with Crippen molar-refractivity contribution < 1.29 is 14.4 Å². The molecular formula is C24H32N4O3. The molecule has 1 aliphatic heterocycles. The second-order valence-corrected chi connectivity index (χ2v) is 8.53. The molecule has 2 atom stereocenters. The van der Waals surface area contributed by atoms with Crippen LogP contribution in [0.5, 0.6) is 5.75 Å². The minimum Gasteiger partial charge on any atom is -0.497 e. The Hall–Kier alpha value is -2.83. The SMILES string of the molecule is CCC1C(CNC(=O)c2cc(C)nn2C2CCCC2)=NOC1Cc1cccc(OC)c1. The first-order valence-corrected chi connectivity index (χ1v) is 11.3. The van der Waals surface area contributed by atoms with Gasteiger partial charge in [-0.15, -0.1) is 0 Å². The van der Waals surface area contributed by atoms with Crippen LogP contribution in [-0.2, 0) is 11.3 Å². The van der Waals surface area contributed by atoms with Crippen LogP contribution in [0.4, 0.5) is 0 Å². The first-order chi connectivity index (χ1) is 15.1. The summed E-state index contributed by atoms with van der Waals surface area (Å²) in [7, 11) is 1.67. The van der Waals surface area contributed by atoms with Crippen molar-refractivity contribution in [1.82, 2.24) is 15.1 Å². The van der Waals surface area contributed by atoms with E-state index in [9.17, 15) is 4.79 Å². The number of nitrogens with zero attached hydrogens (tertiary/aromatic N) is 3. The zero-order valence-corrected chi connectivity index (χ0v) is 18.6. The maximum atomic E-state index is 12.9. The van der Waals surface area contributed by atoms with E-state index in [0.29, 0.717) is 18.3 Å². The van der Waals surface area contributed by atoms with Crippen molar-refractivity contribution in [1.29, 1.82) is 0 Å². The molecule has 1 fully saturated rings. The number of ether oxygens (including phenoxy) is 1. The van der Waals surface area contributed by atoms with Crippen LogP contribution in [0.15, 0.2) is 35.5 Å². The molecule has 0 bridgehead atoms. The molecule has 0 saturated heterocycles. The molecule has 2 unspecified atom stereocenters. The average molecular weight is 425 g/mol. The van der Waals surface area contributed by atoms with Crippen LogP contribution in [0.1, 0.15) is 66.8 Å². The number of aryl methyl sites for hydroxylation is 1. The number of hydrogen-bond acceptors (Lipinski definition) is 5. The second kappa shape index (κ2) is 9.54. The molecule has 0 spiro atoms. The Kier molecular flexibility index (Phi) is 6.59. The van der Waals surface area contributed by atoms with Gasteiger partial charge < -0.3 is 14.9 Å². The number of rotatable bonds is 8. The lowest BCUT2D eigenvalue weighted by Gasteiger charge is -2.18. The summed E-state index contributed by atoms with van der Waals surface area (Å²) in [6.07, 6.45) is 6.21. The average Bonchev–Trinajstić information content (AvgIpc) is 3.52. The lowest BCUT2D eigenvalue weighted by Crippen LogP contribution is -2.36. The third kappa shape index (κ3) is 4.75. The summed E-state index contributed by atoms with van der Waals surface area (Å²) in [5, 5.41) is 12.0. The van der Waals surface area contributed by atoms with Crippen molar-refractivity contribution in [2.75, 3.05) is 13.7 Å². The maximum absolute atomic E-state index is 12.9. The molecule has 7 heteroatoms. The molecule has 1 amide bonds. The van der Waals surface area contributed by atoms with E-state index in [1.54, 1.807) is 7.11 Å². The van der Waals surface area contributed by atoms with Crippen molar-refractivity contribution in [3.63, 3.8) is 0 Å². The molecule has 2 aliphatic rings. The van der Waals surface area contributed by atoms with Crippen LogP contribution in [0.2, 0.25) is 0 Å². The highest BCUT2D eigenvalue weighted by Crippen LogP contribution is 2.30. The standard InChI is InChI=1S/C24H32N4O3/c1-4-20-21(27-31-23(20)14-17-8-7-11-19(13-17)30-3)15-25-24(29)22-12-16(2)26-28(22)18-9-5-6-10-18/h7-8,11-13,18,20,23H,4-6,9-10,14-15H2,1-3H3,(H,25,29). The predicted octanol–water partition coefficient (Wildman–Crippen LogP) is 4.07. The van der Waals surface area contributed by atoms with Crippen LogP contribution in [0.25, 0.3) is 0 Å². The summed E-state index contributed by atoms with van der Waals surface area (Å²) in [5.74, 6) is 0.917. The summed E-state index contributed by atoms with van der Waals surface area (Å²) < 4.78 is 7.25. The van der Waals surface area contributed by atoms with Gasteiger partial charge in [-0.25, -0.2) is 0 Å². The molecule has 1 saturated carbocycles. The third-order valence-electron chi connectivity index (χ3n) is 6.38. The number of aromatic nitrogens is 2. The molecule has 4 rings (SSSR count). The lowest BCUT2D eigenvalue weighted by molar-refractivity contribution is 0.0613. The van der Waals surface area contributed by atoms with Crippen LogP contribution < -0.4 is 10.1 Å². The van der Waals surface area contributed by atoms with Gasteiger partial charge in [0.1, 0.15) is 17.5 Å². The molecule has 1 N–H and O–H groups in total. The summed E-state index contributed by atoms with van der Waals surface area (Å²) in [6.45, 7) is 4.46. The summed E-state index contributed by atoms with van der Waals surface area (Å²) >= 11 is 0. The number of methoxy groups -OCH3 is 1.